The molecule has 1 heterocycles. The standard InChI is InChI=1S/C13H14BrN3O3/c1-8-6-10(4-5-11(8)17(18)19)20-7-12-13(14)9(2)15-16(12)3/h4-6H,7H2,1-3H3. The molecule has 0 aliphatic rings. The van der Waals surface area contributed by atoms with Crippen LogP contribution in [0.3, 0.4) is 0 Å². The highest BCUT2D eigenvalue weighted by Gasteiger charge is 2.13. The van der Waals surface area contributed by atoms with Gasteiger partial charge in [-0.1, -0.05) is 0 Å². The van der Waals surface area contributed by atoms with Crippen molar-refractivity contribution in [2.24, 2.45) is 7.05 Å². The number of nitrogens with zero attached hydrogens (tertiary/aromatic N) is 3. The second kappa shape index (κ2) is 5.62. The molecule has 1 aromatic carbocycles. The van der Waals surface area contributed by atoms with Crippen LogP contribution in [0.1, 0.15) is 17.0 Å². The van der Waals surface area contributed by atoms with Crippen LogP contribution in [0.15, 0.2) is 22.7 Å². The van der Waals surface area contributed by atoms with Gasteiger partial charge in [0.25, 0.3) is 5.69 Å². The number of hydrogen-bond acceptors (Lipinski definition) is 4. The number of aromatic nitrogens is 2. The lowest BCUT2D eigenvalue weighted by Gasteiger charge is -2.08. The first kappa shape index (κ1) is 14.5. The first-order valence-corrected chi connectivity index (χ1v) is 6.75. The SMILES string of the molecule is Cc1cc(OCc2c(Br)c(C)nn2C)ccc1[N+](=O)[O-]. The first-order valence-electron chi connectivity index (χ1n) is 5.96. The van der Waals surface area contributed by atoms with E-state index in [0.29, 0.717) is 17.9 Å². The van der Waals surface area contributed by atoms with E-state index in [1.54, 1.807) is 23.7 Å². The molecular weight excluding hydrogens is 326 g/mol. The number of ether oxygens (including phenoxy) is 1. The molecule has 1 aromatic heterocycles. The largest absolute Gasteiger partial charge is 0.487 e. The number of nitro groups is 1. The van der Waals surface area contributed by atoms with Gasteiger partial charge in [0.1, 0.15) is 12.4 Å². The molecule has 0 atom stereocenters. The summed E-state index contributed by atoms with van der Waals surface area (Å²) in [4.78, 5) is 10.3. The van der Waals surface area contributed by atoms with E-state index in [1.165, 1.54) is 6.07 Å². The molecule has 106 valence electrons. The minimum Gasteiger partial charge on any atom is -0.487 e. The van der Waals surface area contributed by atoms with E-state index in [-0.39, 0.29) is 5.69 Å². The van der Waals surface area contributed by atoms with Crippen LogP contribution in [-0.4, -0.2) is 14.7 Å². The van der Waals surface area contributed by atoms with Gasteiger partial charge in [-0.2, -0.15) is 5.10 Å². The Morgan fingerprint density at radius 3 is 2.65 bits per heavy atom. The highest BCUT2D eigenvalue weighted by Crippen LogP contribution is 2.25. The van der Waals surface area contributed by atoms with Crippen LogP contribution < -0.4 is 4.74 Å². The van der Waals surface area contributed by atoms with Gasteiger partial charge in [0.15, 0.2) is 0 Å². The zero-order chi connectivity index (χ0) is 14.9. The normalized spacial score (nSPS) is 10.6. The summed E-state index contributed by atoms with van der Waals surface area (Å²) in [6.45, 7) is 3.94. The number of aryl methyl sites for hydroxylation is 3. The third kappa shape index (κ3) is 2.82. The van der Waals surface area contributed by atoms with Crippen molar-refractivity contribution in [3.8, 4) is 5.75 Å². The molecule has 0 bridgehead atoms. The molecule has 20 heavy (non-hydrogen) atoms. The van der Waals surface area contributed by atoms with Crippen molar-refractivity contribution < 1.29 is 9.66 Å². The van der Waals surface area contributed by atoms with Crippen LogP contribution in [0, 0.1) is 24.0 Å². The lowest BCUT2D eigenvalue weighted by molar-refractivity contribution is -0.385. The van der Waals surface area contributed by atoms with Gasteiger partial charge in [-0.3, -0.25) is 14.8 Å². The predicted octanol–water partition coefficient (Wildman–Crippen LogP) is 3.29. The smallest absolute Gasteiger partial charge is 0.272 e. The Bertz CT molecular complexity index is 667. The summed E-state index contributed by atoms with van der Waals surface area (Å²) in [5.41, 5.74) is 2.48. The molecule has 2 aromatic rings. The molecule has 0 N–H and O–H groups in total. The fourth-order valence-electron chi connectivity index (χ4n) is 1.91. The average Bonchev–Trinajstić information content (AvgIpc) is 2.61. The number of nitro benzene ring substituents is 1. The Labute approximate surface area is 124 Å². The maximum absolute atomic E-state index is 10.8. The first-order chi connectivity index (χ1) is 9.40. The fraction of sp³-hybridized carbons (Fsp3) is 0.308. The van der Waals surface area contributed by atoms with E-state index in [9.17, 15) is 10.1 Å². The number of benzene rings is 1. The Kier molecular flexibility index (Phi) is 4.08. The highest BCUT2D eigenvalue weighted by molar-refractivity contribution is 9.10. The Balaban J connectivity index is 2.15. The monoisotopic (exact) mass is 339 g/mol. The van der Waals surface area contributed by atoms with Crippen LogP contribution in [0.25, 0.3) is 0 Å². The lowest BCUT2D eigenvalue weighted by atomic mass is 10.2. The van der Waals surface area contributed by atoms with E-state index in [2.05, 4.69) is 21.0 Å². The molecule has 6 nitrogen and oxygen atoms in total. The fourth-order valence-corrected chi connectivity index (χ4v) is 2.36. The quantitative estimate of drug-likeness (QED) is 0.633. The molecule has 0 saturated carbocycles. The van der Waals surface area contributed by atoms with Crippen LogP contribution in [0.2, 0.25) is 0 Å². The van der Waals surface area contributed by atoms with Crippen LogP contribution in [-0.2, 0) is 13.7 Å². The molecule has 0 aliphatic carbocycles. The zero-order valence-electron chi connectivity index (χ0n) is 11.4. The summed E-state index contributed by atoms with van der Waals surface area (Å²) in [6.07, 6.45) is 0. The Morgan fingerprint density at radius 2 is 2.15 bits per heavy atom. The van der Waals surface area contributed by atoms with E-state index < -0.39 is 4.92 Å². The topological polar surface area (TPSA) is 70.2 Å². The second-order valence-corrected chi connectivity index (χ2v) is 5.26. The van der Waals surface area contributed by atoms with Crippen molar-refractivity contribution in [3.63, 3.8) is 0 Å². The van der Waals surface area contributed by atoms with E-state index in [4.69, 9.17) is 4.74 Å². The third-order valence-corrected chi connectivity index (χ3v) is 4.03. The van der Waals surface area contributed by atoms with Crippen LogP contribution >= 0.6 is 15.9 Å². The summed E-state index contributed by atoms with van der Waals surface area (Å²) in [7, 11) is 1.84. The van der Waals surface area contributed by atoms with Crippen LogP contribution in [0.4, 0.5) is 5.69 Å². The maximum Gasteiger partial charge on any atom is 0.272 e. The van der Waals surface area contributed by atoms with Gasteiger partial charge < -0.3 is 4.74 Å². The van der Waals surface area contributed by atoms with Crippen molar-refractivity contribution in [1.29, 1.82) is 0 Å². The lowest BCUT2D eigenvalue weighted by Crippen LogP contribution is -2.04. The Morgan fingerprint density at radius 1 is 1.45 bits per heavy atom. The summed E-state index contributed by atoms with van der Waals surface area (Å²) in [6, 6.07) is 4.71. The maximum atomic E-state index is 10.8. The second-order valence-electron chi connectivity index (χ2n) is 4.46. The van der Waals surface area contributed by atoms with Crippen LogP contribution in [0.5, 0.6) is 5.75 Å². The molecule has 0 saturated heterocycles. The molecular formula is C13H14BrN3O3. The molecule has 7 heteroatoms. The van der Waals surface area contributed by atoms with Crippen molar-refractivity contribution in [3.05, 3.63) is 49.7 Å². The van der Waals surface area contributed by atoms with Crippen molar-refractivity contribution in [1.82, 2.24) is 9.78 Å². The third-order valence-electron chi connectivity index (χ3n) is 3.00. The van der Waals surface area contributed by atoms with Gasteiger partial charge in [-0.05, 0) is 41.9 Å². The molecule has 0 spiro atoms. The van der Waals surface area contributed by atoms with Gasteiger partial charge in [-0.25, -0.2) is 0 Å². The molecule has 0 amide bonds. The average molecular weight is 340 g/mol. The number of halogens is 1. The number of hydrogen-bond donors (Lipinski definition) is 0. The van der Waals surface area contributed by atoms with E-state index >= 15 is 0 Å². The van der Waals surface area contributed by atoms with Gasteiger partial charge in [-0.15, -0.1) is 0 Å². The zero-order valence-corrected chi connectivity index (χ0v) is 13.0. The molecule has 0 unspecified atom stereocenters. The van der Waals surface area contributed by atoms with E-state index in [0.717, 1.165) is 15.9 Å². The van der Waals surface area contributed by atoms with Crippen molar-refractivity contribution in [2.45, 2.75) is 20.5 Å². The molecule has 0 fully saturated rings. The summed E-state index contributed by atoms with van der Waals surface area (Å²) in [5.74, 6) is 0.596. The molecule has 2 rings (SSSR count). The van der Waals surface area contributed by atoms with Gasteiger partial charge in [0.05, 0.1) is 20.8 Å². The predicted molar refractivity (Wildman–Crippen MR) is 77.8 cm³/mol. The Hall–Kier alpha value is -1.89. The summed E-state index contributed by atoms with van der Waals surface area (Å²) < 4.78 is 8.33. The summed E-state index contributed by atoms with van der Waals surface area (Å²) in [5, 5.41) is 15.0. The highest BCUT2D eigenvalue weighted by atomic mass is 79.9. The van der Waals surface area contributed by atoms with Gasteiger partial charge >= 0.3 is 0 Å². The van der Waals surface area contributed by atoms with Crippen molar-refractivity contribution >= 4 is 21.6 Å². The minimum atomic E-state index is -0.403. The van der Waals surface area contributed by atoms with E-state index in [1.807, 2.05) is 14.0 Å². The molecule has 0 radical (unpaired) electrons. The summed E-state index contributed by atoms with van der Waals surface area (Å²) >= 11 is 3.47. The van der Waals surface area contributed by atoms with Crippen molar-refractivity contribution in [2.75, 3.05) is 0 Å². The van der Waals surface area contributed by atoms with Gasteiger partial charge in [0.2, 0.25) is 0 Å². The molecule has 0 aliphatic heterocycles. The minimum absolute atomic E-state index is 0.0925. The number of rotatable bonds is 4. The van der Waals surface area contributed by atoms with Gasteiger partial charge in [0, 0.05) is 18.7 Å².